The summed E-state index contributed by atoms with van der Waals surface area (Å²) in [4.78, 5) is 8.70. The van der Waals surface area contributed by atoms with Crippen molar-refractivity contribution in [3.05, 3.63) is 34.9 Å². The van der Waals surface area contributed by atoms with Crippen LogP contribution in [0.15, 0.2) is 29.9 Å². The number of thiazole rings is 1. The van der Waals surface area contributed by atoms with Gasteiger partial charge in [0, 0.05) is 35.3 Å². The van der Waals surface area contributed by atoms with Crippen LogP contribution in [0.3, 0.4) is 0 Å². The molecule has 16 heavy (non-hydrogen) atoms. The lowest BCUT2D eigenvalue weighted by atomic mass is 10.2. The summed E-state index contributed by atoms with van der Waals surface area (Å²) in [5, 5.41) is 3.22. The van der Waals surface area contributed by atoms with Crippen molar-refractivity contribution in [3.63, 3.8) is 0 Å². The van der Waals surface area contributed by atoms with Crippen LogP contribution >= 0.6 is 11.3 Å². The van der Waals surface area contributed by atoms with E-state index in [1.807, 2.05) is 18.3 Å². The molecule has 2 heterocycles. The first-order valence-corrected chi connectivity index (χ1v) is 6.27. The van der Waals surface area contributed by atoms with Crippen LogP contribution in [0.25, 0.3) is 11.3 Å². The Kier molecular flexibility index (Phi) is 2.26. The first-order valence-electron chi connectivity index (χ1n) is 5.39. The summed E-state index contributed by atoms with van der Waals surface area (Å²) >= 11 is 1.69. The molecule has 0 aromatic carbocycles. The summed E-state index contributed by atoms with van der Waals surface area (Å²) in [6.45, 7) is 0. The first-order chi connectivity index (χ1) is 7.75. The third-order valence-electron chi connectivity index (χ3n) is 2.90. The molecule has 1 aliphatic rings. The van der Waals surface area contributed by atoms with Crippen molar-refractivity contribution in [3.8, 4) is 11.3 Å². The van der Waals surface area contributed by atoms with Gasteiger partial charge in [-0.15, -0.1) is 11.3 Å². The van der Waals surface area contributed by atoms with E-state index in [2.05, 4.69) is 15.3 Å². The minimum absolute atomic E-state index is 0.0457. The quantitative estimate of drug-likeness (QED) is 0.881. The monoisotopic (exact) mass is 231 g/mol. The van der Waals surface area contributed by atoms with Crippen LogP contribution in [0, 0.1) is 0 Å². The second-order valence-corrected chi connectivity index (χ2v) is 5.35. The highest BCUT2D eigenvalue weighted by atomic mass is 32.1. The van der Waals surface area contributed by atoms with Gasteiger partial charge in [-0.3, -0.25) is 4.98 Å². The minimum atomic E-state index is 0.0457. The second kappa shape index (κ2) is 3.64. The van der Waals surface area contributed by atoms with Crippen molar-refractivity contribution >= 4 is 11.3 Å². The molecule has 3 rings (SSSR count). The van der Waals surface area contributed by atoms with Gasteiger partial charge >= 0.3 is 0 Å². The number of hydrogen-bond donors (Lipinski definition) is 1. The van der Waals surface area contributed by atoms with Gasteiger partial charge in [-0.05, 0) is 25.0 Å². The van der Waals surface area contributed by atoms with E-state index in [1.54, 1.807) is 17.5 Å². The maximum Gasteiger partial charge on any atom is 0.0950 e. The molecule has 2 N–H and O–H groups in total. The molecule has 3 nitrogen and oxygen atoms in total. The van der Waals surface area contributed by atoms with Gasteiger partial charge in [-0.2, -0.15) is 0 Å². The van der Waals surface area contributed by atoms with Crippen LogP contribution < -0.4 is 5.73 Å². The SMILES string of the molecule is NC1(Cc2nc(-c3cccnc3)cs2)CC1. The third kappa shape index (κ3) is 1.99. The molecule has 0 atom stereocenters. The summed E-state index contributed by atoms with van der Waals surface area (Å²) in [5.41, 5.74) is 8.21. The summed E-state index contributed by atoms with van der Waals surface area (Å²) in [6, 6.07) is 3.96. The Morgan fingerprint density at radius 1 is 1.44 bits per heavy atom. The van der Waals surface area contributed by atoms with Crippen LogP contribution in [0.5, 0.6) is 0 Å². The van der Waals surface area contributed by atoms with Crippen LogP contribution in [0.1, 0.15) is 17.8 Å². The van der Waals surface area contributed by atoms with Gasteiger partial charge in [0.05, 0.1) is 10.7 Å². The molecular formula is C12H13N3S. The molecule has 0 radical (unpaired) electrons. The number of nitrogens with two attached hydrogens (primary N) is 1. The van der Waals surface area contributed by atoms with Crippen molar-refractivity contribution in [1.82, 2.24) is 9.97 Å². The number of rotatable bonds is 3. The van der Waals surface area contributed by atoms with Crippen LogP contribution in [-0.2, 0) is 6.42 Å². The number of hydrogen-bond acceptors (Lipinski definition) is 4. The fraction of sp³-hybridized carbons (Fsp3) is 0.333. The summed E-state index contributed by atoms with van der Waals surface area (Å²) in [5.74, 6) is 0. The lowest BCUT2D eigenvalue weighted by Gasteiger charge is -2.03. The maximum atomic E-state index is 6.08. The number of aromatic nitrogens is 2. The zero-order valence-electron chi connectivity index (χ0n) is 8.89. The fourth-order valence-electron chi connectivity index (χ4n) is 1.68. The highest BCUT2D eigenvalue weighted by Crippen LogP contribution is 2.36. The van der Waals surface area contributed by atoms with Crippen molar-refractivity contribution in [2.24, 2.45) is 5.73 Å². The van der Waals surface area contributed by atoms with Crippen molar-refractivity contribution in [2.75, 3.05) is 0 Å². The van der Waals surface area contributed by atoms with Gasteiger partial charge < -0.3 is 5.73 Å². The molecule has 0 unspecified atom stereocenters. The van der Waals surface area contributed by atoms with Gasteiger partial charge in [-0.1, -0.05) is 0 Å². The summed E-state index contributed by atoms with van der Waals surface area (Å²) in [7, 11) is 0. The average Bonchev–Trinajstić information content (AvgIpc) is 2.86. The molecule has 0 aliphatic heterocycles. The standard InChI is InChI=1S/C12H13N3S/c13-12(3-4-12)6-11-15-10(8-16-11)9-2-1-5-14-7-9/h1-2,5,7-8H,3-4,6,13H2. The Morgan fingerprint density at radius 2 is 2.31 bits per heavy atom. The molecule has 2 aromatic rings. The molecule has 1 fully saturated rings. The fourth-order valence-corrected chi connectivity index (χ4v) is 2.64. The Hall–Kier alpha value is -1.26. The predicted molar refractivity (Wildman–Crippen MR) is 65.2 cm³/mol. The number of pyridine rings is 1. The van der Waals surface area contributed by atoms with Crippen LogP contribution in [0.2, 0.25) is 0 Å². The van der Waals surface area contributed by atoms with E-state index in [4.69, 9.17) is 5.73 Å². The Bertz CT molecular complexity index is 488. The lowest BCUT2D eigenvalue weighted by Crippen LogP contribution is -2.24. The van der Waals surface area contributed by atoms with Crippen molar-refractivity contribution in [2.45, 2.75) is 24.8 Å². The van der Waals surface area contributed by atoms with Crippen molar-refractivity contribution < 1.29 is 0 Å². The molecular weight excluding hydrogens is 218 g/mol. The molecule has 2 aromatic heterocycles. The maximum absolute atomic E-state index is 6.08. The van der Waals surface area contributed by atoms with Crippen LogP contribution in [0.4, 0.5) is 0 Å². The van der Waals surface area contributed by atoms with E-state index >= 15 is 0 Å². The van der Waals surface area contributed by atoms with Gasteiger partial charge in [0.15, 0.2) is 0 Å². The number of nitrogens with zero attached hydrogens (tertiary/aromatic N) is 2. The molecule has 0 spiro atoms. The third-order valence-corrected chi connectivity index (χ3v) is 3.75. The largest absolute Gasteiger partial charge is 0.325 e. The average molecular weight is 231 g/mol. The topological polar surface area (TPSA) is 51.8 Å². The van der Waals surface area contributed by atoms with E-state index in [0.717, 1.165) is 35.5 Å². The smallest absolute Gasteiger partial charge is 0.0950 e. The van der Waals surface area contributed by atoms with Gasteiger partial charge in [0.25, 0.3) is 0 Å². The highest BCUT2D eigenvalue weighted by molar-refractivity contribution is 7.10. The first kappa shape index (κ1) is 9.93. The van der Waals surface area contributed by atoms with Crippen molar-refractivity contribution in [1.29, 1.82) is 0 Å². The molecule has 0 saturated heterocycles. The van der Waals surface area contributed by atoms with E-state index in [9.17, 15) is 0 Å². The Morgan fingerprint density at radius 3 is 3.00 bits per heavy atom. The molecule has 1 saturated carbocycles. The molecule has 0 amide bonds. The molecule has 0 bridgehead atoms. The Labute approximate surface area is 98.4 Å². The predicted octanol–water partition coefficient (Wildman–Crippen LogP) is 2.24. The normalized spacial score (nSPS) is 17.3. The zero-order chi connectivity index (χ0) is 11.0. The molecule has 1 aliphatic carbocycles. The minimum Gasteiger partial charge on any atom is -0.325 e. The van der Waals surface area contributed by atoms with Gasteiger partial charge in [-0.25, -0.2) is 4.98 Å². The molecule has 82 valence electrons. The van der Waals surface area contributed by atoms with E-state index < -0.39 is 0 Å². The van der Waals surface area contributed by atoms with E-state index in [0.29, 0.717) is 0 Å². The van der Waals surface area contributed by atoms with E-state index in [-0.39, 0.29) is 5.54 Å². The Balaban J connectivity index is 1.82. The molecule has 4 heteroatoms. The second-order valence-electron chi connectivity index (χ2n) is 4.41. The van der Waals surface area contributed by atoms with Crippen LogP contribution in [-0.4, -0.2) is 15.5 Å². The zero-order valence-corrected chi connectivity index (χ0v) is 9.70. The lowest BCUT2D eigenvalue weighted by molar-refractivity contribution is 0.669. The van der Waals surface area contributed by atoms with Gasteiger partial charge in [0.1, 0.15) is 0 Å². The summed E-state index contributed by atoms with van der Waals surface area (Å²) < 4.78 is 0. The van der Waals surface area contributed by atoms with E-state index in [1.165, 1.54) is 0 Å². The van der Waals surface area contributed by atoms with Gasteiger partial charge in [0.2, 0.25) is 0 Å². The summed E-state index contributed by atoms with van der Waals surface area (Å²) in [6.07, 6.45) is 6.80. The highest BCUT2D eigenvalue weighted by Gasteiger charge is 2.38.